The summed E-state index contributed by atoms with van der Waals surface area (Å²) >= 11 is 0. The van der Waals surface area contributed by atoms with Crippen LogP contribution in [0.2, 0.25) is 0 Å². The van der Waals surface area contributed by atoms with E-state index in [1.807, 2.05) is 17.7 Å². The number of rotatable bonds is 2. The van der Waals surface area contributed by atoms with E-state index < -0.39 is 12.3 Å². The molecule has 1 aromatic heterocycles. The zero-order valence-electron chi connectivity index (χ0n) is 11.0. The average molecular weight is 267 g/mol. The predicted octanol–water partition coefficient (Wildman–Crippen LogP) is 0.644. The molecule has 1 fully saturated rings. The van der Waals surface area contributed by atoms with Gasteiger partial charge in [-0.1, -0.05) is 0 Å². The summed E-state index contributed by atoms with van der Waals surface area (Å²) in [5.74, 6) is -0.264. The molecule has 0 atom stereocenters. The van der Waals surface area contributed by atoms with Crippen LogP contribution in [0.5, 0.6) is 0 Å². The Hall–Kier alpha value is -1.43. The van der Waals surface area contributed by atoms with Crippen molar-refractivity contribution in [3.8, 4) is 0 Å². The number of halogens is 1. The number of nitrogens with zero attached hydrogens (tertiary/aromatic N) is 3. The second kappa shape index (κ2) is 4.30. The van der Waals surface area contributed by atoms with Crippen molar-refractivity contribution in [1.29, 1.82) is 0 Å². The second-order valence-electron chi connectivity index (χ2n) is 5.67. The van der Waals surface area contributed by atoms with Gasteiger partial charge in [0.2, 0.25) is 5.91 Å². The van der Waals surface area contributed by atoms with Gasteiger partial charge in [0.1, 0.15) is 5.67 Å². The summed E-state index contributed by atoms with van der Waals surface area (Å²) in [6.07, 6.45) is 0.300. The maximum absolute atomic E-state index is 13.6. The van der Waals surface area contributed by atoms with Crippen molar-refractivity contribution in [3.05, 3.63) is 17.5 Å². The number of hydrogen-bond acceptors (Lipinski definition) is 3. The summed E-state index contributed by atoms with van der Waals surface area (Å²) in [4.78, 5) is 14.0. The van der Waals surface area contributed by atoms with Crippen molar-refractivity contribution in [2.75, 3.05) is 13.2 Å². The highest BCUT2D eigenvalue weighted by molar-refractivity contribution is 5.80. The van der Waals surface area contributed by atoms with Gasteiger partial charge in [-0.05, 0) is 25.8 Å². The van der Waals surface area contributed by atoms with Crippen molar-refractivity contribution in [2.24, 2.45) is 5.92 Å². The first-order valence-corrected chi connectivity index (χ1v) is 6.63. The van der Waals surface area contributed by atoms with E-state index in [2.05, 4.69) is 5.10 Å². The van der Waals surface area contributed by atoms with E-state index in [4.69, 9.17) is 5.11 Å². The SMILES string of the molecule is Cc1cc2n(n1)CCN(C(=O)C1CC(F)(CO)C1)C2. The number of aromatic nitrogens is 2. The molecule has 1 aromatic rings. The molecule has 0 saturated heterocycles. The molecule has 2 heterocycles. The van der Waals surface area contributed by atoms with Crippen LogP contribution in [-0.4, -0.2) is 44.5 Å². The molecule has 6 heteroatoms. The number of alkyl halides is 1. The number of hydrogen-bond donors (Lipinski definition) is 1. The topological polar surface area (TPSA) is 58.4 Å². The van der Waals surface area contributed by atoms with E-state index in [1.165, 1.54) is 0 Å². The molecule has 0 unspecified atom stereocenters. The monoisotopic (exact) mass is 267 g/mol. The van der Waals surface area contributed by atoms with Crippen LogP contribution in [0.4, 0.5) is 4.39 Å². The Morgan fingerprint density at radius 3 is 3.00 bits per heavy atom. The fourth-order valence-electron chi connectivity index (χ4n) is 2.98. The largest absolute Gasteiger partial charge is 0.393 e. The van der Waals surface area contributed by atoms with Gasteiger partial charge in [-0.2, -0.15) is 5.10 Å². The first kappa shape index (κ1) is 12.6. The zero-order chi connectivity index (χ0) is 13.6. The number of amides is 1. The van der Waals surface area contributed by atoms with Crippen molar-refractivity contribution in [2.45, 2.75) is 38.5 Å². The number of aryl methyl sites for hydroxylation is 1. The Balaban J connectivity index is 1.64. The molecule has 1 amide bonds. The molecule has 1 aliphatic heterocycles. The van der Waals surface area contributed by atoms with Gasteiger partial charge in [0.15, 0.2) is 0 Å². The van der Waals surface area contributed by atoms with E-state index in [9.17, 15) is 9.18 Å². The third kappa shape index (κ3) is 2.14. The van der Waals surface area contributed by atoms with E-state index in [0.717, 1.165) is 11.4 Å². The zero-order valence-corrected chi connectivity index (χ0v) is 11.0. The molecule has 5 nitrogen and oxygen atoms in total. The highest BCUT2D eigenvalue weighted by atomic mass is 19.1. The molecule has 0 spiro atoms. The first-order chi connectivity index (χ1) is 9.00. The summed E-state index contributed by atoms with van der Waals surface area (Å²) < 4.78 is 15.5. The Morgan fingerprint density at radius 1 is 1.58 bits per heavy atom. The summed E-state index contributed by atoms with van der Waals surface area (Å²) in [6.45, 7) is 3.32. The molecule has 0 aromatic carbocycles. The Labute approximate surface area is 111 Å². The van der Waals surface area contributed by atoms with Gasteiger partial charge in [0.25, 0.3) is 0 Å². The minimum absolute atomic E-state index is 0.00632. The lowest BCUT2D eigenvalue weighted by atomic mass is 9.72. The highest BCUT2D eigenvalue weighted by Gasteiger charge is 2.48. The van der Waals surface area contributed by atoms with E-state index >= 15 is 0 Å². The number of fused-ring (bicyclic) bond motifs is 1. The lowest BCUT2D eigenvalue weighted by Gasteiger charge is -2.42. The quantitative estimate of drug-likeness (QED) is 0.855. The van der Waals surface area contributed by atoms with Gasteiger partial charge in [0, 0.05) is 12.5 Å². The normalized spacial score (nSPS) is 29.8. The van der Waals surface area contributed by atoms with Gasteiger partial charge >= 0.3 is 0 Å². The van der Waals surface area contributed by atoms with Crippen LogP contribution in [-0.2, 0) is 17.9 Å². The molecule has 1 N–H and O–H groups in total. The maximum Gasteiger partial charge on any atom is 0.226 e. The molecular formula is C13H18FN3O2. The van der Waals surface area contributed by atoms with Crippen LogP contribution in [0.15, 0.2) is 6.07 Å². The van der Waals surface area contributed by atoms with E-state index in [-0.39, 0.29) is 24.7 Å². The van der Waals surface area contributed by atoms with Crippen LogP contribution in [0.3, 0.4) is 0 Å². The standard InChI is InChI=1S/C13H18FN3O2/c1-9-4-11-7-16(2-3-17(11)15-9)12(19)10-5-13(14,6-10)8-18/h4,10,18H,2-3,5-8H2,1H3. The average Bonchev–Trinajstić information content (AvgIpc) is 2.73. The van der Waals surface area contributed by atoms with Crippen molar-refractivity contribution < 1.29 is 14.3 Å². The van der Waals surface area contributed by atoms with Gasteiger partial charge in [-0.3, -0.25) is 9.48 Å². The molecule has 19 heavy (non-hydrogen) atoms. The first-order valence-electron chi connectivity index (χ1n) is 6.63. The summed E-state index contributed by atoms with van der Waals surface area (Å²) in [6, 6.07) is 1.98. The van der Waals surface area contributed by atoms with Gasteiger partial charge < -0.3 is 10.0 Å². The maximum atomic E-state index is 13.6. The van der Waals surface area contributed by atoms with Crippen LogP contribution in [0, 0.1) is 12.8 Å². The highest BCUT2D eigenvalue weighted by Crippen LogP contribution is 2.42. The van der Waals surface area contributed by atoms with E-state index in [0.29, 0.717) is 19.6 Å². The lowest BCUT2D eigenvalue weighted by molar-refractivity contribution is -0.148. The third-order valence-corrected chi connectivity index (χ3v) is 4.09. The summed E-state index contributed by atoms with van der Waals surface area (Å²) in [7, 11) is 0. The number of carbonyl (C=O) groups excluding carboxylic acids is 1. The Kier molecular flexibility index (Phi) is 2.85. The summed E-state index contributed by atoms with van der Waals surface area (Å²) in [5.41, 5.74) is 0.454. The fourth-order valence-corrected chi connectivity index (χ4v) is 2.98. The van der Waals surface area contributed by atoms with Crippen molar-refractivity contribution >= 4 is 5.91 Å². The minimum Gasteiger partial charge on any atom is -0.393 e. The predicted molar refractivity (Wildman–Crippen MR) is 66.0 cm³/mol. The molecule has 0 bridgehead atoms. The third-order valence-electron chi connectivity index (χ3n) is 4.09. The van der Waals surface area contributed by atoms with Gasteiger partial charge in [-0.25, -0.2) is 4.39 Å². The van der Waals surface area contributed by atoms with Crippen LogP contribution < -0.4 is 0 Å². The fraction of sp³-hybridized carbons (Fsp3) is 0.692. The molecule has 2 aliphatic rings. The van der Waals surface area contributed by atoms with Gasteiger partial charge in [-0.15, -0.1) is 0 Å². The molecule has 1 saturated carbocycles. The summed E-state index contributed by atoms with van der Waals surface area (Å²) in [5, 5.41) is 13.2. The van der Waals surface area contributed by atoms with Gasteiger partial charge in [0.05, 0.1) is 31.1 Å². The molecular weight excluding hydrogens is 249 g/mol. The minimum atomic E-state index is -1.53. The molecule has 3 rings (SSSR count). The second-order valence-corrected chi connectivity index (χ2v) is 5.67. The molecule has 0 radical (unpaired) electrons. The molecule has 104 valence electrons. The van der Waals surface area contributed by atoms with Crippen molar-refractivity contribution in [3.63, 3.8) is 0 Å². The van der Waals surface area contributed by atoms with Crippen molar-refractivity contribution in [1.82, 2.24) is 14.7 Å². The van der Waals surface area contributed by atoms with Crippen LogP contribution in [0.25, 0.3) is 0 Å². The number of carbonyl (C=O) groups is 1. The van der Waals surface area contributed by atoms with Crippen LogP contribution in [0.1, 0.15) is 24.2 Å². The molecule has 1 aliphatic carbocycles. The Morgan fingerprint density at radius 2 is 2.32 bits per heavy atom. The van der Waals surface area contributed by atoms with Crippen LogP contribution >= 0.6 is 0 Å². The van der Waals surface area contributed by atoms with E-state index in [1.54, 1.807) is 4.90 Å². The Bertz CT molecular complexity index is 508. The lowest BCUT2D eigenvalue weighted by Crippen LogP contribution is -2.51. The number of aliphatic hydroxyl groups excluding tert-OH is 1. The number of aliphatic hydroxyl groups is 1. The smallest absolute Gasteiger partial charge is 0.226 e.